The lowest BCUT2D eigenvalue weighted by Crippen LogP contribution is -2.19. The van der Waals surface area contributed by atoms with Crippen LogP contribution in [0.1, 0.15) is 29.2 Å². The second-order valence-corrected chi connectivity index (χ2v) is 9.91. The van der Waals surface area contributed by atoms with Crippen molar-refractivity contribution >= 4 is 61.8 Å². The van der Waals surface area contributed by atoms with E-state index < -0.39 is 0 Å². The van der Waals surface area contributed by atoms with Gasteiger partial charge in [0.2, 0.25) is 0 Å². The molecule has 0 aliphatic carbocycles. The van der Waals surface area contributed by atoms with Gasteiger partial charge in [-0.15, -0.1) is 0 Å². The number of anilines is 1. The van der Waals surface area contributed by atoms with Crippen LogP contribution in [-0.2, 0) is 0 Å². The molecule has 1 heterocycles. The van der Waals surface area contributed by atoms with Crippen molar-refractivity contribution in [3.8, 4) is 0 Å². The standard InChI is InChI=1S/C28H21BrIN3/c29-22-15-13-20(14-16-22)19-31-23-8-6-7-21(17-23)27-18-28(25-11-4-5-12-26(25)30)33(32-27)24-9-2-1-3-10-24/h1-17,19,28H,18H2. The van der Waals surface area contributed by atoms with Gasteiger partial charge in [-0.2, -0.15) is 5.10 Å². The molecule has 4 aromatic rings. The zero-order valence-corrected chi connectivity index (χ0v) is 21.5. The highest BCUT2D eigenvalue weighted by atomic mass is 127. The Hall–Kier alpha value is -2.77. The maximum absolute atomic E-state index is 5.09. The highest BCUT2D eigenvalue weighted by molar-refractivity contribution is 14.1. The third-order valence-corrected chi connectivity index (χ3v) is 7.12. The Morgan fingerprint density at radius 3 is 2.42 bits per heavy atom. The molecule has 3 nitrogen and oxygen atoms in total. The minimum absolute atomic E-state index is 0.158. The fraction of sp³-hybridized carbons (Fsp3) is 0.0714. The summed E-state index contributed by atoms with van der Waals surface area (Å²) in [6, 6.07) is 35.6. The first kappa shape index (κ1) is 22.0. The quantitative estimate of drug-likeness (QED) is 0.167. The maximum Gasteiger partial charge on any atom is 0.0842 e. The predicted octanol–water partition coefficient (Wildman–Crippen LogP) is 8.16. The smallest absolute Gasteiger partial charge is 0.0842 e. The number of hydrazone groups is 1. The number of para-hydroxylation sites is 1. The van der Waals surface area contributed by atoms with Gasteiger partial charge in [0.15, 0.2) is 0 Å². The third kappa shape index (κ3) is 5.09. The Labute approximate surface area is 216 Å². The number of hydrogen-bond acceptors (Lipinski definition) is 3. The van der Waals surface area contributed by atoms with Crippen LogP contribution in [0.3, 0.4) is 0 Å². The van der Waals surface area contributed by atoms with E-state index in [1.54, 1.807) is 0 Å². The Morgan fingerprint density at radius 2 is 1.64 bits per heavy atom. The molecule has 0 saturated heterocycles. The Balaban J connectivity index is 1.47. The van der Waals surface area contributed by atoms with E-state index in [0.29, 0.717) is 0 Å². The number of aliphatic imine (C=N–C) groups is 1. The molecule has 162 valence electrons. The maximum atomic E-state index is 5.09. The molecule has 0 spiro atoms. The minimum atomic E-state index is 0.158. The summed E-state index contributed by atoms with van der Waals surface area (Å²) in [6.07, 6.45) is 2.74. The first-order chi connectivity index (χ1) is 16.2. The van der Waals surface area contributed by atoms with Crippen LogP contribution in [0, 0.1) is 3.57 Å². The first-order valence-electron chi connectivity index (χ1n) is 10.7. The number of benzene rings is 4. The van der Waals surface area contributed by atoms with Gasteiger partial charge in [0.1, 0.15) is 0 Å². The zero-order valence-electron chi connectivity index (χ0n) is 17.8. The van der Waals surface area contributed by atoms with Gasteiger partial charge in [-0.05, 0) is 81.7 Å². The minimum Gasteiger partial charge on any atom is -0.257 e. The monoisotopic (exact) mass is 605 g/mol. The van der Waals surface area contributed by atoms with Crippen LogP contribution in [0.15, 0.2) is 118 Å². The summed E-state index contributed by atoms with van der Waals surface area (Å²) in [5.74, 6) is 0. The molecule has 0 bridgehead atoms. The van der Waals surface area contributed by atoms with Gasteiger partial charge in [-0.3, -0.25) is 10.0 Å². The molecular formula is C28H21BrIN3. The van der Waals surface area contributed by atoms with E-state index in [4.69, 9.17) is 10.1 Å². The molecule has 1 aliphatic rings. The van der Waals surface area contributed by atoms with Gasteiger partial charge in [-0.1, -0.05) is 76.6 Å². The Kier molecular flexibility index (Phi) is 6.69. The van der Waals surface area contributed by atoms with Crippen LogP contribution in [0.2, 0.25) is 0 Å². The van der Waals surface area contributed by atoms with Crippen LogP contribution < -0.4 is 5.01 Å². The summed E-state index contributed by atoms with van der Waals surface area (Å²) in [4.78, 5) is 4.70. The lowest BCUT2D eigenvalue weighted by molar-refractivity contribution is 0.705. The van der Waals surface area contributed by atoms with Crippen molar-refractivity contribution in [2.75, 3.05) is 5.01 Å². The average Bonchev–Trinajstić information content (AvgIpc) is 3.30. The zero-order chi connectivity index (χ0) is 22.6. The van der Waals surface area contributed by atoms with E-state index in [0.717, 1.165) is 39.1 Å². The van der Waals surface area contributed by atoms with Gasteiger partial charge in [0.05, 0.1) is 23.1 Å². The van der Waals surface area contributed by atoms with E-state index >= 15 is 0 Å². The van der Waals surface area contributed by atoms with E-state index in [2.05, 4.69) is 110 Å². The number of halogens is 2. The summed E-state index contributed by atoms with van der Waals surface area (Å²) in [5, 5.41) is 7.24. The molecule has 0 radical (unpaired) electrons. The molecule has 33 heavy (non-hydrogen) atoms. The van der Waals surface area contributed by atoms with E-state index in [1.165, 1.54) is 9.13 Å². The number of hydrogen-bond donors (Lipinski definition) is 0. The van der Waals surface area contributed by atoms with Crippen molar-refractivity contribution in [1.82, 2.24) is 0 Å². The second kappa shape index (κ2) is 10.0. The molecule has 1 aliphatic heterocycles. The van der Waals surface area contributed by atoms with Crippen molar-refractivity contribution in [3.63, 3.8) is 0 Å². The van der Waals surface area contributed by atoms with Crippen molar-refractivity contribution in [2.45, 2.75) is 12.5 Å². The molecule has 0 aromatic heterocycles. The topological polar surface area (TPSA) is 28.0 Å². The summed E-state index contributed by atoms with van der Waals surface area (Å²) >= 11 is 5.90. The van der Waals surface area contributed by atoms with E-state index in [-0.39, 0.29) is 6.04 Å². The van der Waals surface area contributed by atoms with E-state index in [1.807, 2.05) is 42.6 Å². The van der Waals surface area contributed by atoms with Gasteiger partial charge < -0.3 is 0 Å². The van der Waals surface area contributed by atoms with Gasteiger partial charge in [-0.25, -0.2) is 0 Å². The molecule has 4 aromatic carbocycles. The second-order valence-electron chi connectivity index (χ2n) is 7.83. The lowest BCUT2D eigenvalue weighted by Gasteiger charge is -2.24. The predicted molar refractivity (Wildman–Crippen MR) is 150 cm³/mol. The van der Waals surface area contributed by atoms with Crippen molar-refractivity contribution in [3.05, 3.63) is 128 Å². The summed E-state index contributed by atoms with van der Waals surface area (Å²) < 4.78 is 2.32. The number of rotatable bonds is 5. The molecule has 0 fully saturated rings. The van der Waals surface area contributed by atoms with Crippen LogP contribution >= 0.6 is 38.5 Å². The highest BCUT2D eigenvalue weighted by Gasteiger charge is 2.31. The molecule has 5 heteroatoms. The lowest BCUT2D eigenvalue weighted by atomic mass is 9.98. The summed E-state index contributed by atoms with van der Waals surface area (Å²) in [6.45, 7) is 0. The Bertz CT molecular complexity index is 1320. The SMILES string of the molecule is Brc1ccc(C=Nc2cccc(C3=NN(c4ccccc4)C(c4ccccc4I)C3)c2)cc1. The molecule has 5 rings (SSSR count). The molecule has 0 saturated carbocycles. The largest absolute Gasteiger partial charge is 0.257 e. The van der Waals surface area contributed by atoms with Crippen molar-refractivity contribution in [1.29, 1.82) is 0 Å². The van der Waals surface area contributed by atoms with E-state index in [9.17, 15) is 0 Å². The summed E-state index contributed by atoms with van der Waals surface area (Å²) in [5.41, 5.74) is 6.56. The fourth-order valence-corrected chi connectivity index (χ4v) is 4.97. The molecule has 0 N–H and O–H groups in total. The van der Waals surface area contributed by atoms with Gasteiger partial charge >= 0.3 is 0 Å². The highest BCUT2D eigenvalue weighted by Crippen LogP contribution is 2.38. The average molecular weight is 606 g/mol. The van der Waals surface area contributed by atoms with Crippen molar-refractivity contribution in [2.24, 2.45) is 10.1 Å². The van der Waals surface area contributed by atoms with Crippen LogP contribution in [0.25, 0.3) is 0 Å². The van der Waals surface area contributed by atoms with Crippen LogP contribution in [0.5, 0.6) is 0 Å². The normalized spacial score (nSPS) is 15.8. The molecule has 1 unspecified atom stereocenters. The van der Waals surface area contributed by atoms with Crippen LogP contribution in [-0.4, -0.2) is 11.9 Å². The fourth-order valence-electron chi connectivity index (χ4n) is 3.95. The van der Waals surface area contributed by atoms with Gasteiger partial charge in [0.25, 0.3) is 0 Å². The first-order valence-corrected chi connectivity index (χ1v) is 12.6. The molecule has 1 atom stereocenters. The molecular weight excluding hydrogens is 585 g/mol. The summed E-state index contributed by atoms with van der Waals surface area (Å²) in [7, 11) is 0. The Morgan fingerprint density at radius 1 is 0.879 bits per heavy atom. The van der Waals surface area contributed by atoms with Gasteiger partial charge in [0, 0.05) is 20.7 Å². The number of nitrogens with zero attached hydrogens (tertiary/aromatic N) is 3. The van der Waals surface area contributed by atoms with Crippen molar-refractivity contribution < 1.29 is 0 Å². The van der Waals surface area contributed by atoms with Crippen LogP contribution in [0.4, 0.5) is 11.4 Å². The third-order valence-electron chi connectivity index (χ3n) is 5.61. The molecule has 0 amide bonds.